The molecule has 0 amide bonds. The van der Waals surface area contributed by atoms with Crippen molar-refractivity contribution in [1.29, 1.82) is 0 Å². The minimum atomic E-state index is -0.489. The average Bonchev–Trinajstić information content (AvgIpc) is 3.16. The van der Waals surface area contributed by atoms with E-state index in [-0.39, 0.29) is 12.1 Å². The quantitative estimate of drug-likeness (QED) is 0.510. The minimum Gasteiger partial charge on any atom is -0.356 e. The number of hydrogen-bond donors (Lipinski definition) is 2. The van der Waals surface area contributed by atoms with E-state index >= 15 is 0 Å². The summed E-state index contributed by atoms with van der Waals surface area (Å²) in [5, 5.41) is 9.90. The highest BCUT2D eigenvalue weighted by Crippen LogP contribution is 2.13. The number of rotatable bonds is 6. The van der Waals surface area contributed by atoms with E-state index in [0.717, 1.165) is 18.2 Å². The van der Waals surface area contributed by atoms with Crippen LogP contribution in [0.2, 0.25) is 0 Å². The summed E-state index contributed by atoms with van der Waals surface area (Å²) in [5.41, 5.74) is 0.829. The number of aliphatic imine (C=N–C) groups is 1. The third-order valence-electron chi connectivity index (χ3n) is 3.67. The molecule has 0 unspecified atom stereocenters. The van der Waals surface area contributed by atoms with E-state index in [2.05, 4.69) is 30.8 Å². The summed E-state index contributed by atoms with van der Waals surface area (Å²) in [7, 11) is 1.59. The second kappa shape index (κ2) is 8.84. The molecule has 2 aromatic heterocycles. The first-order valence-corrected chi connectivity index (χ1v) is 8.28. The molecular formula is C18H18F2N6O. The van der Waals surface area contributed by atoms with E-state index in [0.29, 0.717) is 36.3 Å². The molecule has 0 radical (unpaired) electrons. The molecule has 3 rings (SSSR count). The van der Waals surface area contributed by atoms with E-state index in [9.17, 15) is 8.78 Å². The Labute approximate surface area is 154 Å². The summed E-state index contributed by atoms with van der Waals surface area (Å²) in [6, 6.07) is 8.75. The van der Waals surface area contributed by atoms with Gasteiger partial charge in [-0.15, -0.1) is 0 Å². The molecule has 140 valence electrons. The Morgan fingerprint density at radius 2 is 2.07 bits per heavy atom. The van der Waals surface area contributed by atoms with Crippen LogP contribution in [0.4, 0.5) is 8.78 Å². The number of benzene rings is 1. The maximum absolute atomic E-state index is 13.6. The molecule has 1 aromatic carbocycles. The van der Waals surface area contributed by atoms with Crippen molar-refractivity contribution >= 4 is 5.96 Å². The van der Waals surface area contributed by atoms with Gasteiger partial charge in [0.25, 0.3) is 5.89 Å². The zero-order valence-electron chi connectivity index (χ0n) is 14.6. The van der Waals surface area contributed by atoms with Crippen LogP contribution in [-0.2, 0) is 13.0 Å². The minimum absolute atomic E-state index is 0.106. The zero-order valence-corrected chi connectivity index (χ0v) is 14.6. The van der Waals surface area contributed by atoms with Crippen LogP contribution in [-0.4, -0.2) is 34.7 Å². The molecule has 0 spiro atoms. The predicted octanol–water partition coefficient (Wildman–Crippen LogP) is 2.32. The van der Waals surface area contributed by atoms with Crippen molar-refractivity contribution in [2.45, 2.75) is 13.0 Å². The summed E-state index contributed by atoms with van der Waals surface area (Å²) in [6.07, 6.45) is 2.14. The molecule has 0 saturated heterocycles. The molecule has 0 fully saturated rings. The normalized spacial score (nSPS) is 11.4. The van der Waals surface area contributed by atoms with E-state index in [1.807, 2.05) is 6.07 Å². The number of pyridine rings is 1. The molecule has 7 nitrogen and oxygen atoms in total. The molecule has 0 bridgehead atoms. The lowest BCUT2D eigenvalue weighted by Crippen LogP contribution is -2.38. The largest absolute Gasteiger partial charge is 0.356 e. The van der Waals surface area contributed by atoms with Crippen molar-refractivity contribution in [3.63, 3.8) is 0 Å². The van der Waals surface area contributed by atoms with Gasteiger partial charge in [0.2, 0.25) is 0 Å². The standard InChI is InChI=1S/C18H18F2N6O/c1-21-18(24-11-12-10-13(19)5-6-14(12)20)23-9-7-16-25-17(27-26-16)15-4-2-3-8-22-15/h2-6,8,10H,7,9,11H2,1H3,(H2,21,23,24). The molecule has 2 N–H and O–H groups in total. The van der Waals surface area contributed by atoms with Gasteiger partial charge in [-0.1, -0.05) is 11.2 Å². The first kappa shape index (κ1) is 18.4. The molecule has 2 heterocycles. The van der Waals surface area contributed by atoms with Crippen molar-refractivity contribution in [3.8, 4) is 11.6 Å². The van der Waals surface area contributed by atoms with Crippen molar-refractivity contribution in [2.75, 3.05) is 13.6 Å². The van der Waals surface area contributed by atoms with Crippen LogP contribution < -0.4 is 10.6 Å². The average molecular weight is 372 g/mol. The summed E-state index contributed by atoms with van der Waals surface area (Å²) in [5.74, 6) is 0.363. The van der Waals surface area contributed by atoms with Gasteiger partial charge in [0.1, 0.15) is 17.3 Å². The fraction of sp³-hybridized carbons (Fsp3) is 0.222. The Morgan fingerprint density at radius 1 is 1.19 bits per heavy atom. The van der Waals surface area contributed by atoms with Gasteiger partial charge >= 0.3 is 0 Å². The van der Waals surface area contributed by atoms with Gasteiger partial charge in [0, 0.05) is 38.3 Å². The van der Waals surface area contributed by atoms with Crippen molar-refractivity contribution in [2.24, 2.45) is 4.99 Å². The van der Waals surface area contributed by atoms with Crippen molar-refractivity contribution in [3.05, 3.63) is 65.6 Å². The smallest absolute Gasteiger partial charge is 0.276 e. The van der Waals surface area contributed by atoms with Gasteiger partial charge in [-0.3, -0.25) is 9.98 Å². The van der Waals surface area contributed by atoms with Gasteiger partial charge in [-0.05, 0) is 30.3 Å². The van der Waals surface area contributed by atoms with Crippen LogP contribution in [0.1, 0.15) is 11.4 Å². The molecule has 0 aliphatic carbocycles. The third kappa shape index (κ3) is 5.06. The molecule has 0 aliphatic rings. The zero-order chi connectivity index (χ0) is 19.1. The second-order valence-electron chi connectivity index (χ2n) is 5.57. The SMILES string of the molecule is CN=C(NCCc1noc(-c2ccccn2)n1)NCc1cc(F)ccc1F. The Kier molecular flexibility index (Phi) is 6.03. The molecule has 0 atom stereocenters. The third-order valence-corrected chi connectivity index (χ3v) is 3.67. The number of nitrogens with one attached hydrogen (secondary N) is 2. The van der Waals surface area contributed by atoms with Gasteiger partial charge in [0.15, 0.2) is 11.8 Å². The van der Waals surface area contributed by atoms with Crippen LogP contribution in [0.15, 0.2) is 52.1 Å². The Morgan fingerprint density at radius 3 is 2.85 bits per heavy atom. The number of aromatic nitrogens is 3. The van der Waals surface area contributed by atoms with Gasteiger partial charge < -0.3 is 15.2 Å². The fourth-order valence-electron chi connectivity index (χ4n) is 2.32. The lowest BCUT2D eigenvalue weighted by atomic mass is 10.2. The van der Waals surface area contributed by atoms with Gasteiger partial charge in [0.05, 0.1) is 0 Å². The lowest BCUT2D eigenvalue weighted by molar-refractivity contribution is 0.421. The molecule has 27 heavy (non-hydrogen) atoms. The van der Waals surface area contributed by atoms with E-state index in [4.69, 9.17) is 4.52 Å². The molecular weight excluding hydrogens is 354 g/mol. The topological polar surface area (TPSA) is 88.2 Å². The lowest BCUT2D eigenvalue weighted by Gasteiger charge is -2.11. The van der Waals surface area contributed by atoms with Crippen molar-refractivity contribution in [1.82, 2.24) is 25.8 Å². The number of halogens is 2. The van der Waals surface area contributed by atoms with Crippen LogP contribution in [0.25, 0.3) is 11.6 Å². The predicted molar refractivity (Wildman–Crippen MR) is 95.8 cm³/mol. The highest BCUT2D eigenvalue weighted by atomic mass is 19.1. The van der Waals surface area contributed by atoms with Gasteiger partial charge in [-0.25, -0.2) is 8.78 Å². The molecule has 9 heteroatoms. The van der Waals surface area contributed by atoms with Crippen LogP contribution >= 0.6 is 0 Å². The van der Waals surface area contributed by atoms with Crippen molar-refractivity contribution < 1.29 is 13.3 Å². The maximum atomic E-state index is 13.6. The first-order chi connectivity index (χ1) is 13.2. The monoisotopic (exact) mass is 372 g/mol. The number of hydrogen-bond acceptors (Lipinski definition) is 5. The summed E-state index contributed by atoms with van der Waals surface area (Å²) in [6.45, 7) is 0.585. The first-order valence-electron chi connectivity index (χ1n) is 8.28. The van der Waals surface area contributed by atoms with E-state index in [1.54, 1.807) is 25.4 Å². The Bertz CT molecular complexity index is 913. The van der Waals surface area contributed by atoms with E-state index in [1.165, 1.54) is 0 Å². The van der Waals surface area contributed by atoms with Crippen LogP contribution in [0.5, 0.6) is 0 Å². The molecule has 0 saturated carbocycles. The van der Waals surface area contributed by atoms with Crippen LogP contribution in [0.3, 0.4) is 0 Å². The van der Waals surface area contributed by atoms with E-state index < -0.39 is 11.6 Å². The second-order valence-corrected chi connectivity index (χ2v) is 5.57. The van der Waals surface area contributed by atoms with Gasteiger partial charge in [-0.2, -0.15) is 4.98 Å². The maximum Gasteiger partial charge on any atom is 0.276 e. The van der Waals surface area contributed by atoms with Crippen LogP contribution in [0, 0.1) is 11.6 Å². The summed E-state index contributed by atoms with van der Waals surface area (Å²) < 4.78 is 32.0. The number of nitrogens with zero attached hydrogens (tertiary/aromatic N) is 4. The highest BCUT2D eigenvalue weighted by Gasteiger charge is 2.10. The summed E-state index contributed by atoms with van der Waals surface area (Å²) in [4.78, 5) is 12.5. The summed E-state index contributed by atoms with van der Waals surface area (Å²) >= 11 is 0. The number of guanidine groups is 1. The molecule has 0 aliphatic heterocycles. The highest BCUT2D eigenvalue weighted by molar-refractivity contribution is 5.79. The fourth-order valence-corrected chi connectivity index (χ4v) is 2.32. The Balaban J connectivity index is 1.49. The Hall–Kier alpha value is -3.36. The molecule has 3 aromatic rings.